The summed E-state index contributed by atoms with van der Waals surface area (Å²) >= 11 is 0. The van der Waals surface area contributed by atoms with E-state index in [9.17, 15) is 10.1 Å². The van der Waals surface area contributed by atoms with Gasteiger partial charge in [-0.3, -0.25) is 10.1 Å². The van der Waals surface area contributed by atoms with Crippen LogP contribution in [0.4, 0.5) is 5.88 Å². The van der Waals surface area contributed by atoms with E-state index in [1.807, 2.05) is 24.3 Å². The van der Waals surface area contributed by atoms with Crippen LogP contribution in [-0.2, 0) is 13.0 Å². The van der Waals surface area contributed by atoms with Gasteiger partial charge in [-0.05, 0) is 30.2 Å². The van der Waals surface area contributed by atoms with Crippen molar-refractivity contribution in [1.29, 1.82) is 0 Å². The van der Waals surface area contributed by atoms with Crippen molar-refractivity contribution < 1.29 is 14.1 Å². The van der Waals surface area contributed by atoms with Gasteiger partial charge in [0, 0.05) is 0 Å². The van der Waals surface area contributed by atoms with Crippen LogP contribution in [0.3, 0.4) is 0 Å². The number of aryl methyl sites for hydroxylation is 1. The van der Waals surface area contributed by atoms with Gasteiger partial charge in [0.05, 0.1) is 6.07 Å². The highest BCUT2D eigenvalue weighted by Gasteiger charge is 2.11. The Labute approximate surface area is 104 Å². The van der Waals surface area contributed by atoms with Gasteiger partial charge in [-0.2, -0.15) is 0 Å². The minimum absolute atomic E-state index is 0.180. The summed E-state index contributed by atoms with van der Waals surface area (Å²) in [6.07, 6.45) is 0.977. The van der Waals surface area contributed by atoms with E-state index in [0.29, 0.717) is 11.5 Å². The average Bonchev–Trinajstić information content (AvgIpc) is 2.86. The first-order valence-corrected chi connectivity index (χ1v) is 5.64. The lowest BCUT2D eigenvalue weighted by molar-refractivity contribution is -0.402. The van der Waals surface area contributed by atoms with Crippen molar-refractivity contribution in [2.45, 2.75) is 20.0 Å². The predicted octanol–water partition coefficient (Wildman–Crippen LogP) is 3.33. The Kier molecular flexibility index (Phi) is 3.62. The van der Waals surface area contributed by atoms with Crippen molar-refractivity contribution in [2.75, 3.05) is 0 Å². The highest BCUT2D eigenvalue weighted by atomic mass is 16.6. The van der Waals surface area contributed by atoms with E-state index in [1.165, 1.54) is 11.6 Å². The normalized spacial score (nSPS) is 10.3. The van der Waals surface area contributed by atoms with Gasteiger partial charge in [0.15, 0.2) is 0 Å². The summed E-state index contributed by atoms with van der Waals surface area (Å²) in [5, 5.41) is 10.4. The Morgan fingerprint density at radius 2 is 1.94 bits per heavy atom. The van der Waals surface area contributed by atoms with E-state index >= 15 is 0 Å². The highest BCUT2D eigenvalue weighted by Crippen LogP contribution is 2.18. The van der Waals surface area contributed by atoms with Crippen LogP contribution in [0.5, 0.6) is 5.75 Å². The lowest BCUT2D eigenvalue weighted by Gasteiger charge is -2.04. The third-order valence-electron chi connectivity index (χ3n) is 2.54. The second-order valence-electron chi connectivity index (χ2n) is 3.78. The Balaban J connectivity index is 1.95. The maximum Gasteiger partial charge on any atom is 0.433 e. The fourth-order valence-corrected chi connectivity index (χ4v) is 1.52. The van der Waals surface area contributed by atoms with E-state index in [4.69, 9.17) is 9.15 Å². The zero-order valence-electron chi connectivity index (χ0n) is 9.96. The highest BCUT2D eigenvalue weighted by molar-refractivity contribution is 5.27. The summed E-state index contributed by atoms with van der Waals surface area (Å²) < 4.78 is 10.5. The van der Waals surface area contributed by atoms with Crippen LogP contribution in [0, 0.1) is 10.1 Å². The van der Waals surface area contributed by atoms with Crippen LogP contribution in [-0.4, -0.2) is 4.92 Å². The molecular weight excluding hydrogens is 234 g/mol. The summed E-state index contributed by atoms with van der Waals surface area (Å²) in [6, 6.07) is 10.6. The number of nitrogens with zero attached hydrogens (tertiary/aromatic N) is 1. The molecule has 0 bridgehead atoms. The van der Waals surface area contributed by atoms with Crippen LogP contribution in [0.15, 0.2) is 40.8 Å². The summed E-state index contributed by atoms with van der Waals surface area (Å²) in [5.74, 6) is 0.877. The molecule has 0 saturated heterocycles. The molecule has 0 unspecified atom stereocenters. The zero-order valence-corrected chi connectivity index (χ0v) is 9.96. The Morgan fingerprint density at radius 3 is 2.50 bits per heavy atom. The molecule has 0 aliphatic carbocycles. The lowest BCUT2D eigenvalue weighted by Crippen LogP contribution is -1.94. The van der Waals surface area contributed by atoms with Crippen LogP contribution in [0.25, 0.3) is 0 Å². The first-order chi connectivity index (χ1) is 8.69. The van der Waals surface area contributed by atoms with Crippen molar-refractivity contribution in [1.82, 2.24) is 0 Å². The largest absolute Gasteiger partial charge is 0.486 e. The number of ether oxygens (including phenoxy) is 1. The molecule has 1 heterocycles. The number of furan rings is 1. The Bertz CT molecular complexity index is 530. The Morgan fingerprint density at radius 1 is 1.22 bits per heavy atom. The molecule has 5 nitrogen and oxygen atoms in total. The first kappa shape index (κ1) is 12.2. The molecule has 1 aromatic carbocycles. The van der Waals surface area contributed by atoms with Crippen molar-refractivity contribution >= 4 is 5.88 Å². The molecule has 18 heavy (non-hydrogen) atoms. The minimum atomic E-state index is -0.570. The van der Waals surface area contributed by atoms with E-state index in [0.717, 1.165) is 6.42 Å². The number of benzene rings is 1. The number of hydrogen-bond acceptors (Lipinski definition) is 4. The van der Waals surface area contributed by atoms with Gasteiger partial charge in [0.2, 0.25) is 0 Å². The number of nitro groups is 1. The minimum Gasteiger partial charge on any atom is -0.486 e. The average molecular weight is 247 g/mol. The molecule has 2 rings (SSSR count). The second kappa shape index (κ2) is 5.35. The van der Waals surface area contributed by atoms with Crippen LogP contribution >= 0.6 is 0 Å². The zero-order chi connectivity index (χ0) is 13.0. The molecule has 0 aliphatic heterocycles. The van der Waals surface area contributed by atoms with Crippen molar-refractivity contribution in [2.24, 2.45) is 0 Å². The van der Waals surface area contributed by atoms with E-state index < -0.39 is 4.92 Å². The monoisotopic (exact) mass is 247 g/mol. The molecule has 0 saturated carbocycles. The van der Waals surface area contributed by atoms with Gasteiger partial charge in [-0.25, -0.2) is 0 Å². The summed E-state index contributed by atoms with van der Waals surface area (Å²) in [5.41, 5.74) is 1.23. The fraction of sp³-hybridized carbons (Fsp3) is 0.231. The maximum atomic E-state index is 10.4. The van der Waals surface area contributed by atoms with Crippen LogP contribution in [0.2, 0.25) is 0 Å². The van der Waals surface area contributed by atoms with Gasteiger partial charge in [-0.15, -0.1) is 0 Å². The van der Waals surface area contributed by atoms with Gasteiger partial charge >= 0.3 is 5.88 Å². The third-order valence-corrected chi connectivity index (χ3v) is 2.54. The van der Waals surface area contributed by atoms with Crippen molar-refractivity contribution in [3.63, 3.8) is 0 Å². The third kappa shape index (κ3) is 2.88. The second-order valence-corrected chi connectivity index (χ2v) is 3.78. The fourth-order valence-electron chi connectivity index (χ4n) is 1.52. The van der Waals surface area contributed by atoms with Crippen LogP contribution < -0.4 is 4.74 Å². The first-order valence-electron chi connectivity index (χ1n) is 5.64. The summed E-state index contributed by atoms with van der Waals surface area (Å²) in [4.78, 5) is 9.86. The molecule has 0 N–H and O–H groups in total. The smallest absolute Gasteiger partial charge is 0.433 e. The topological polar surface area (TPSA) is 65.5 Å². The number of hydrogen-bond donors (Lipinski definition) is 0. The lowest BCUT2D eigenvalue weighted by atomic mass is 10.2. The quantitative estimate of drug-likeness (QED) is 0.600. The molecule has 0 spiro atoms. The van der Waals surface area contributed by atoms with E-state index in [1.54, 1.807) is 6.07 Å². The molecule has 5 heteroatoms. The summed E-state index contributed by atoms with van der Waals surface area (Å²) in [7, 11) is 0. The number of rotatable bonds is 5. The molecule has 0 aliphatic rings. The van der Waals surface area contributed by atoms with Gasteiger partial charge in [0.25, 0.3) is 0 Å². The molecule has 0 fully saturated rings. The van der Waals surface area contributed by atoms with Gasteiger partial charge in [-0.1, -0.05) is 19.1 Å². The molecule has 2 aromatic rings. The maximum absolute atomic E-state index is 10.4. The molecule has 0 amide bonds. The van der Waals surface area contributed by atoms with Crippen LogP contribution in [0.1, 0.15) is 18.2 Å². The van der Waals surface area contributed by atoms with E-state index in [-0.39, 0.29) is 12.5 Å². The van der Waals surface area contributed by atoms with Gasteiger partial charge in [0.1, 0.15) is 23.0 Å². The molecule has 0 radical (unpaired) electrons. The molecule has 94 valence electrons. The van der Waals surface area contributed by atoms with Gasteiger partial charge < -0.3 is 9.15 Å². The van der Waals surface area contributed by atoms with Crippen molar-refractivity contribution in [3.05, 3.63) is 57.8 Å². The van der Waals surface area contributed by atoms with Crippen molar-refractivity contribution in [3.8, 4) is 5.75 Å². The molecule has 0 atom stereocenters. The van der Waals surface area contributed by atoms with E-state index in [2.05, 4.69) is 6.92 Å². The Hall–Kier alpha value is -2.30. The predicted molar refractivity (Wildman–Crippen MR) is 65.5 cm³/mol. The molecule has 1 aromatic heterocycles. The standard InChI is InChI=1S/C13H13NO4/c1-2-10-3-5-11(6-4-10)17-9-12-7-8-13(18-12)14(15)16/h3-8H,2,9H2,1H3. The SMILES string of the molecule is CCc1ccc(OCc2ccc([N+](=O)[O-])o2)cc1. The summed E-state index contributed by atoms with van der Waals surface area (Å²) in [6.45, 7) is 2.26. The molecular formula is C13H13NO4.